The van der Waals surface area contributed by atoms with E-state index in [-0.39, 0.29) is 12.5 Å². The standard InChI is InChI=1S/C24H35N9O2S/c1-14(2)24-28-26-15(3)32(24)18-11-16-5-6-17(12-18)31(16)10-9-19(20-7-8-23(35-4)36-20)33-22(13-21(25)34)27-29-30-33/h7-8,14,16-19H,5-6,9-13H2,1-4H3,(H2,25,34)/t16-,17-,19-/m0/s1. The maximum atomic E-state index is 11.6. The molecular weight excluding hydrogens is 478 g/mol. The summed E-state index contributed by atoms with van der Waals surface area (Å²) >= 11 is 1.58. The van der Waals surface area contributed by atoms with Gasteiger partial charge in [0.15, 0.2) is 10.9 Å². The molecule has 0 aromatic carbocycles. The molecule has 36 heavy (non-hydrogen) atoms. The fourth-order valence-corrected chi connectivity index (χ4v) is 7.00. The van der Waals surface area contributed by atoms with Gasteiger partial charge in [0.25, 0.3) is 0 Å². The zero-order chi connectivity index (χ0) is 25.4. The van der Waals surface area contributed by atoms with Crippen LogP contribution in [0.15, 0.2) is 12.1 Å². The topological polar surface area (TPSA) is 130 Å². The van der Waals surface area contributed by atoms with E-state index in [0.29, 0.717) is 29.9 Å². The van der Waals surface area contributed by atoms with Gasteiger partial charge in [-0.3, -0.25) is 9.69 Å². The Hall–Kier alpha value is -2.86. The number of ether oxygens (including phenoxy) is 1. The largest absolute Gasteiger partial charge is 0.487 e. The number of carbonyl (C=O) groups excluding carboxylic acids is 1. The number of aryl methyl sites for hydroxylation is 1. The normalized spacial score (nSPS) is 22.9. The molecule has 2 N–H and O–H groups in total. The van der Waals surface area contributed by atoms with Crippen molar-refractivity contribution in [3.8, 4) is 5.06 Å². The van der Waals surface area contributed by atoms with E-state index in [9.17, 15) is 4.79 Å². The average Bonchev–Trinajstić information content (AvgIpc) is 3.61. The van der Waals surface area contributed by atoms with Crippen LogP contribution in [0.25, 0.3) is 0 Å². The van der Waals surface area contributed by atoms with Crippen molar-refractivity contribution >= 4 is 17.2 Å². The molecule has 5 heterocycles. The molecule has 2 aliphatic heterocycles. The summed E-state index contributed by atoms with van der Waals surface area (Å²) in [5.74, 6) is 2.52. The first-order chi connectivity index (χ1) is 17.4. The fraction of sp³-hybridized carbons (Fsp3) is 0.667. The van der Waals surface area contributed by atoms with Crippen LogP contribution >= 0.6 is 11.3 Å². The molecule has 11 nitrogen and oxygen atoms in total. The Balaban J connectivity index is 1.34. The van der Waals surface area contributed by atoms with Gasteiger partial charge in [-0.05, 0) is 61.6 Å². The average molecular weight is 514 g/mol. The van der Waals surface area contributed by atoms with Crippen LogP contribution in [0.4, 0.5) is 0 Å². The predicted octanol–water partition coefficient (Wildman–Crippen LogP) is 2.64. The lowest BCUT2D eigenvalue weighted by Crippen LogP contribution is -2.44. The number of fused-ring (bicyclic) bond motifs is 2. The fourth-order valence-electron chi connectivity index (χ4n) is 6.06. The maximum absolute atomic E-state index is 11.6. The number of hydrogen-bond acceptors (Lipinski definition) is 9. The first-order valence-electron chi connectivity index (χ1n) is 12.7. The Morgan fingerprint density at radius 1 is 1.17 bits per heavy atom. The highest BCUT2D eigenvalue weighted by Gasteiger charge is 2.42. The third-order valence-corrected chi connectivity index (χ3v) is 8.76. The Kier molecular flexibility index (Phi) is 7.07. The molecular formula is C24H35N9O2S. The molecule has 3 aromatic rings. The first-order valence-corrected chi connectivity index (χ1v) is 13.5. The van der Waals surface area contributed by atoms with Crippen LogP contribution in [0.2, 0.25) is 0 Å². The lowest BCUT2D eigenvalue weighted by atomic mass is 9.95. The van der Waals surface area contributed by atoms with Crippen LogP contribution in [-0.2, 0) is 11.2 Å². The summed E-state index contributed by atoms with van der Waals surface area (Å²) in [5, 5.41) is 21.9. The van der Waals surface area contributed by atoms with Crippen LogP contribution in [0.3, 0.4) is 0 Å². The highest BCUT2D eigenvalue weighted by Crippen LogP contribution is 2.43. The van der Waals surface area contributed by atoms with Gasteiger partial charge in [0, 0.05) is 35.5 Å². The Morgan fingerprint density at radius 2 is 1.92 bits per heavy atom. The second-order valence-electron chi connectivity index (χ2n) is 10.2. The summed E-state index contributed by atoms with van der Waals surface area (Å²) in [5.41, 5.74) is 5.46. The van der Waals surface area contributed by atoms with Gasteiger partial charge in [-0.1, -0.05) is 13.8 Å². The SMILES string of the molecule is COc1ccc([C@H](CCN2[C@H]3CC[C@H]2CC(n2c(C)nnc2C(C)C)C3)n2nnnc2CC(N)=O)s1. The Morgan fingerprint density at radius 3 is 2.56 bits per heavy atom. The van der Waals surface area contributed by atoms with E-state index in [0.717, 1.165) is 47.4 Å². The van der Waals surface area contributed by atoms with Crippen molar-refractivity contribution in [2.45, 2.75) is 89.4 Å². The monoisotopic (exact) mass is 513 g/mol. The number of hydrogen-bond donors (Lipinski definition) is 1. The molecule has 2 saturated heterocycles. The zero-order valence-corrected chi connectivity index (χ0v) is 22.2. The summed E-state index contributed by atoms with van der Waals surface area (Å²) in [7, 11) is 1.67. The molecule has 2 aliphatic rings. The van der Waals surface area contributed by atoms with Crippen molar-refractivity contribution in [2.75, 3.05) is 13.7 Å². The van der Waals surface area contributed by atoms with Crippen molar-refractivity contribution in [1.29, 1.82) is 0 Å². The van der Waals surface area contributed by atoms with Crippen LogP contribution < -0.4 is 10.5 Å². The third kappa shape index (κ3) is 4.75. The molecule has 5 rings (SSSR count). The molecule has 2 fully saturated rings. The number of primary amides is 1. The highest BCUT2D eigenvalue weighted by atomic mass is 32.1. The van der Waals surface area contributed by atoms with Gasteiger partial charge >= 0.3 is 0 Å². The van der Waals surface area contributed by atoms with E-state index < -0.39 is 5.91 Å². The van der Waals surface area contributed by atoms with Crippen LogP contribution in [0, 0.1) is 6.92 Å². The maximum Gasteiger partial charge on any atom is 0.225 e. The summed E-state index contributed by atoms with van der Waals surface area (Å²) < 4.78 is 9.60. The molecule has 3 aromatic heterocycles. The molecule has 0 radical (unpaired) electrons. The number of nitrogens with zero attached hydrogens (tertiary/aromatic N) is 8. The minimum Gasteiger partial charge on any atom is -0.487 e. The second kappa shape index (κ2) is 10.3. The van der Waals surface area contributed by atoms with E-state index in [1.54, 1.807) is 23.1 Å². The van der Waals surface area contributed by atoms with Gasteiger partial charge in [0.05, 0.1) is 19.6 Å². The number of aromatic nitrogens is 7. The van der Waals surface area contributed by atoms with Crippen molar-refractivity contribution in [1.82, 2.24) is 39.9 Å². The second-order valence-corrected chi connectivity index (χ2v) is 11.3. The van der Waals surface area contributed by atoms with Crippen molar-refractivity contribution in [3.05, 3.63) is 34.5 Å². The van der Waals surface area contributed by atoms with E-state index in [4.69, 9.17) is 10.5 Å². The van der Waals surface area contributed by atoms with E-state index >= 15 is 0 Å². The molecule has 12 heteroatoms. The van der Waals surface area contributed by atoms with Gasteiger partial charge in [-0.15, -0.1) is 26.6 Å². The number of nitrogens with two attached hydrogens (primary N) is 1. The van der Waals surface area contributed by atoms with Crippen molar-refractivity contribution in [3.63, 3.8) is 0 Å². The van der Waals surface area contributed by atoms with E-state index in [1.165, 1.54) is 12.8 Å². The van der Waals surface area contributed by atoms with Gasteiger partial charge in [-0.2, -0.15) is 0 Å². The van der Waals surface area contributed by atoms with Gasteiger partial charge < -0.3 is 15.0 Å². The zero-order valence-electron chi connectivity index (χ0n) is 21.4. The number of piperidine rings is 1. The summed E-state index contributed by atoms with van der Waals surface area (Å²) in [6, 6.07) is 5.46. The molecule has 3 atom stereocenters. The van der Waals surface area contributed by atoms with Crippen molar-refractivity contribution < 1.29 is 9.53 Å². The number of tetrazole rings is 1. The minimum atomic E-state index is -0.446. The number of methoxy groups -OCH3 is 1. The number of thiophene rings is 1. The van der Waals surface area contributed by atoms with Gasteiger partial charge in [-0.25, -0.2) is 4.68 Å². The molecule has 194 valence electrons. The van der Waals surface area contributed by atoms with Crippen LogP contribution in [0.5, 0.6) is 5.06 Å². The smallest absolute Gasteiger partial charge is 0.225 e. The van der Waals surface area contributed by atoms with Crippen LogP contribution in [0.1, 0.15) is 86.3 Å². The quantitative estimate of drug-likeness (QED) is 0.438. The lowest BCUT2D eigenvalue weighted by molar-refractivity contribution is -0.117. The minimum absolute atomic E-state index is 0.0130. The molecule has 0 spiro atoms. The molecule has 2 bridgehead atoms. The summed E-state index contributed by atoms with van der Waals surface area (Å²) in [4.78, 5) is 15.4. The number of amides is 1. The van der Waals surface area contributed by atoms with Gasteiger partial charge in [0.1, 0.15) is 11.6 Å². The Bertz CT molecular complexity index is 1190. The lowest BCUT2D eigenvalue weighted by Gasteiger charge is -2.40. The van der Waals surface area contributed by atoms with E-state index in [2.05, 4.69) is 62.0 Å². The molecule has 0 aliphatic carbocycles. The highest BCUT2D eigenvalue weighted by molar-refractivity contribution is 7.13. The molecule has 1 amide bonds. The first kappa shape index (κ1) is 24.8. The summed E-state index contributed by atoms with van der Waals surface area (Å²) in [6.45, 7) is 7.38. The number of rotatable bonds is 10. The van der Waals surface area contributed by atoms with Crippen molar-refractivity contribution in [2.24, 2.45) is 5.73 Å². The van der Waals surface area contributed by atoms with E-state index in [1.807, 2.05) is 6.07 Å². The number of carbonyl (C=O) groups is 1. The molecule has 0 saturated carbocycles. The predicted molar refractivity (Wildman–Crippen MR) is 135 cm³/mol. The Labute approximate surface area is 215 Å². The van der Waals surface area contributed by atoms with Crippen LogP contribution in [-0.4, -0.2) is 71.5 Å². The third-order valence-electron chi connectivity index (χ3n) is 7.61. The molecule has 0 unspecified atom stereocenters. The van der Waals surface area contributed by atoms with Gasteiger partial charge in [0.2, 0.25) is 5.91 Å². The summed E-state index contributed by atoms with van der Waals surface area (Å²) in [6.07, 6.45) is 5.51.